The van der Waals surface area contributed by atoms with Crippen molar-refractivity contribution in [1.29, 1.82) is 0 Å². The first kappa shape index (κ1) is 22.8. The summed E-state index contributed by atoms with van der Waals surface area (Å²) in [4.78, 5) is 11.2. The quantitative estimate of drug-likeness (QED) is 0.369. The van der Waals surface area contributed by atoms with Crippen molar-refractivity contribution in [3.05, 3.63) is 57.6 Å². The van der Waals surface area contributed by atoms with Crippen LogP contribution in [0.25, 0.3) is 5.69 Å². The summed E-state index contributed by atoms with van der Waals surface area (Å²) in [5.74, 6) is 0. The SMILES string of the molecule is CCN(CC)S(=O)(=O)c1ccc(Sc2nnnn2-c2ccc(C)c(C)c2)c([N+](=O)[O-])c1. The number of rotatable bonds is 8. The molecule has 0 amide bonds. The van der Waals surface area contributed by atoms with Gasteiger partial charge in [0.2, 0.25) is 15.2 Å². The number of hydrogen-bond donors (Lipinski definition) is 0. The Hall–Kier alpha value is -2.83. The fraction of sp³-hybridized carbons (Fsp3) is 0.316. The van der Waals surface area contributed by atoms with Gasteiger partial charge in [-0.25, -0.2) is 8.42 Å². The molecule has 31 heavy (non-hydrogen) atoms. The largest absolute Gasteiger partial charge is 0.284 e. The van der Waals surface area contributed by atoms with E-state index in [1.165, 1.54) is 21.1 Å². The van der Waals surface area contributed by atoms with E-state index in [0.717, 1.165) is 34.6 Å². The van der Waals surface area contributed by atoms with Crippen LogP contribution in [0.5, 0.6) is 0 Å². The van der Waals surface area contributed by atoms with Gasteiger partial charge in [0.15, 0.2) is 0 Å². The van der Waals surface area contributed by atoms with E-state index in [1.807, 2.05) is 32.0 Å². The summed E-state index contributed by atoms with van der Waals surface area (Å²) >= 11 is 0.997. The average molecular weight is 463 g/mol. The number of nitrogens with zero attached hydrogens (tertiary/aromatic N) is 6. The third kappa shape index (κ3) is 4.60. The smallest absolute Gasteiger partial charge is 0.258 e. The zero-order valence-electron chi connectivity index (χ0n) is 17.5. The van der Waals surface area contributed by atoms with E-state index in [0.29, 0.717) is 5.16 Å². The molecule has 0 saturated heterocycles. The number of aromatic nitrogens is 4. The molecule has 3 rings (SSSR count). The topological polar surface area (TPSA) is 124 Å². The number of aryl methyl sites for hydroxylation is 2. The van der Waals surface area contributed by atoms with E-state index in [-0.39, 0.29) is 28.6 Å². The molecule has 1 heterocycles. The fourth-order valence-electron chi connectivity index (χ4n) is 2.96. The van der Waals surface area contributed by atoms with Gasteiger partial charge < -0.3 is 0 Å². The zero-order chi connectivity index (χ0) is 22.8. The van der Waals surface area contributed by atoms with Crippen LogP contribution in [-0.4, -0.2) is 50.9 Å². The lowest BCUT2D eigenvalue weighted by Crippen LogP contribution is -2.30. The average Bonchev–Trinajstić information content (AvgIpc) is 3.19. The third-order valence-electron chi connectivity index (χ3n) is 4.85. The van der Waals surface area contributed by atoms with Crippen LogP contribution < -0.4 is 0 Å². The monoisotopic (exact) mass is 462 g/mol. The molecule has 1 aromatic heterocycles. The van der Waals surface area contributed by atoms with Gasteiger partial charge in [-0.3, -0.25) is 10.1 Å². The summed E-state index contributed by atoms with van der Waals surface area (Å²) in [6.45, 7) is 7.93. The third-order valence-corrected chi connectivity index (χ3v) is 7.90. The Morgan fingerprint density at radius 2 is 1.81 bits per heavy atom. The minimum atomic E-state index is -3.82. The fourth-order valence-corrected chi connectivity index (χ4v) is 5.31. The molecule has 0 atom stereocenters. The standard InChI is InChI=1S/C19H22N6O4S2/c1-5-23(6-2)31(28,29)16-9-10-18(17(12-16)25(26)27)30-19-20-21-22-24(19)15-8-7-13(3)14(4)11-15/h7-12H,5-6H2,1-4H3. The van der Waals surface area contributed by atoms with Gasteiger partial charge in [0.1, 0.15) is 0 Å². The molecule has 0 aliphatic carbocycles. The molecule has 0 unspecified atom stereocenters. The highest BCUT2D eigenvalue weighted by molar-refractivity contribution is 7.99. The van der Waals surface area contributed by atoms with Crippen molar-refractivity contribution in [3.8, 4) is 5.69 Å². The Morgan fingerprint density at radius 1 is 1.10 bits per heavy atom. The molecule has 0 aliphatic heterocycles. The molecule has 164 valence electrons. The van der Waals surface area contributed by atoms with Crippen LogP contribution in [0.2, 0.25) is 0 Å². The summed E-state index contributed by atoms with van der Waals surface area (Å²) in [5, 5.41) is 23.7. The van der Waals surface area contributed by atoms with Gasteiger partial charge in [0.05, 0.1) is 20.4 Å². The number of benzene rings is 2. The van der Waals surface area contributed by atoms with Crippen LogP contribution in [0.1, 0.15) is 25.0 Å². The number of tetrazole rings is 1. The Balaban J connectivity index is 2.01. The lowest BCUT2D eigenvalue weighted by atomic mass is 10.1. The number of hydrogen-bond acceptors (Lipinski definition) is 8. The van der Waals surface area contributed by atoms with Gasteiger partial charge in [-0.1, -0.05) is 19.9 Å². The van der Waals surface area contributed by atoms with Gasteiger partial charge in [0, 0.05) is 19.2 Å². The minimum Gasteiger partial charge on any atom is -0.258 e. The van der Waals surface area contributed by atoms with Gasteiger partial charge >= 0.3 is 0 Å². The van der Waals surface area contributed by atoms with Crippen LogP contribution in [0, 0.1) is 24.0 Å². The predicted octanol–water partition coefficient (Wildman–Crippen LogP) is 3.37. The lowest BCUT2D eigenvalue weighted by Gasteiger charge is -2.18. The maximum atomic E-state index is 12.8. The van der Waals surface area contributed by atoms with Gasteiger partial charge in [0.25, 0.3) is 5.69 Å². The number of nitro groups is 1. The highest BCUT2D eigenvalue weighted by Crippen LogP contribution is 2.36. The molecular formula is C19H22N6O4S2. The van der Waals surface area contributed by atoms with E-state index >= 15 is 0 Å². The van der Waals surface area contributed by atoms with Crippen molar-refractivity contribution < 1.29 is 13.3 Å². The summed E-state index contributed by atoms with van der Waals surface area (Å²) in [6.07, 6.45) is 0. The van der Waals surface area contributed by atoms with E-state index in [1.54, 1.807) is 13.8 Å². The molecule has 12 heteroatoms. The summed E-state index contributed by atoms with van der Waals surface area (Å²) in [5.41, 5.74) is 2.57. The Kier molecular flexibility index (Phi) is 6.72. The summed E-state index contributed by atoms with van der Waals surface area (Å²) in [6, 6.07) is 9.59. The van der Waals surface area contributed by atoms with E-state index in [9.17, 15) is 18.5 Å². The maximum Gasteiger partial charge on any atom is 0.284 e. The van der Waals surface area contributed by atoms with Crippen molar-refractivity contribution in [2.24, 2.45) is 0 Å². The van der Waals surface area contributed by atoms with Crippen molar-refractivity contribution in [1.82, 2.24) is 24.5 Å². The highest BCUT2D eigenvalue weighted by Gasteiger charge is 2.27. The van der Waals surface area contributed by atoms with Gasteiger partial charge in [-0.2, -0.15) is 8.99 Å². The first-order valence-electron chi connectivity index (χ1n) is 9.51. The van der Waals surface area contributed by atoms with Crippen molar-refractivity contribution in [2.45, 2.75) is 42.6 Å². The van der Waals surface area contributed by atoms with Crippen LogP contribution in [0.15, 0.2) is 51.3 Å². The van der Waals surface area contributed by atoms with E-state index < -0.39 is 14.9 Å². The van der Waals surface area contributed by atoms with Crippen LogP contribution in [0.3, 0.4) is 0 Å². The molecule has 10 nitrogen and oxygen atoms in total. The second kappa shape index (κ2) is 9.12. The molecule has 0 saturated carbocycles. The van der Waals surface area contributed by atoms with Gasteiger partial charge in [-0.05, 0) is 71.4 Å². The molecule has 0 aliphatic rings. The second-order valence-electron chi connectivity index (χ2n) is 6.72. The molecular weight excluding hydrogens is 440 g/mol. The lowest BCUT2D eigenvalue weighted by molar-refractivity contribution is -0.388. The predicted molar refractivity (Wildman–Crippen MR) is 116 cm³/mol. The highest BCUT2D eigenvalue weighted by atomic mass is 32.2. The molecule has 0 fully saturated rings. The van der Waals surface area contributed by atoms with E-state index in [2.05, 4.69) is 15.5 Å². The molecule has 2 aromatic carbocycles. The van der Waals surface area contributed by atoms with Crippen LogP contribution >= 0.6 is 11.8 Å². The summed E-state index contributed by atoms with van der Waals surface area (Å²) < 4.78 is 28.2. The molecule has 0 N–H and O–H groups in total. The van der Waals surface area contributed by atoms with Crippen molar-refractivity contribution >= 4 is 27.5 Å². The van der Waals surface area contributed by atoms with Crippen LogP contribution in [-0.2, 0) is 10.0 Å². The minimum absolute atomic E-state index is 0.124. The van der Waals surface area contributed by atoms with Crippen molar-refractivity contribution in [3.63, 3.8) is 0 Å². The van der Waals surface area contributed by atoms with Crippen molar-refractivity contribution in [2.75, 3.05) is 13.1 Å². The Bertz CT molecular complexity index is 1220. The molecule has 0 spiro atoms. The van der Waals surface area contributed by atoms with Crippen LogP contribution in [0.4, 0.5) is 5.69 Å². The maximum absolute atomic E-state index is 12.8. The first-order valence-corrected chi connectivity index (χ1v) is 11.8. The molecule has 0 radical (unpaired) electrons. The second-order valence-corrected chi connectivity index (χ2v) is 9.67. The number of nitro benzene ring substituents is 1. The summed E-state index contributed by atoms with van der Waals surface area (Å²) in [7, 11) is -3.82. The Morgan fingerprint density at radius 3 is 2.42 bits per heavy atom. The Labute approximate surface area is 184 Å². The normalized spacial score (nSPS) is 11.8. The number of sulfonamides is 1. The molecule has 0 bridgehead atoms. The first-order chi connectivity index (χ1) is 14.7. The molecule has 3 aromatic rings. The zero-order valence-corrected chi connectivity index (χ0v) is 19.1. The van der Waals surface area contributed by atoms with Gasteiger partial charge in [-0.15, -0.1) is 5.10 Å². The van der Waals surface area contributed by atoms with E-state index in [4.69, 9.17) is 0 Å².